The summed E-state index contributed by atoms with van der Waals surface area (Å²) in [6, 6.07) is 0.387. The van der Waals surface area contributed by atoms with Crippen molar-refractivity contribution in [2.45, 2.75) is 218 Å². The van der Waals surface area contributed by atoms with E-state index >= 15 is 0 Å². The van der Waals surface area contributed by atoms with Crippen LogP contribution in [-0.2, 0) is 82.8 Å². The number of hydrogen-bond acceptors (Lipinski definition) is 27. The summed E-state index contributed by atoms with van der Waals surface area (Å²) >= 11 is 0.919. The number of carbonyl (C=O) groups excluding carboxylic acids is 6. The smallest absolute Gasteiger partial charge is 0.338 e. The third-order valence-corrected chi connectivity index (χ3v) is 25.4. The largest absolute Gasteiger partial charge is 0.481 e. The number of nitrogens with two attached hydrogens (primary N) is 3. The lowest BCUT2D eigenvalue weighted by Crippen LogP contribution is -2.56. The number of aliphatic carboxylic acids is 3. The maximum atomic E-state index is 13.8. The number of epoxide rings is 2. The zero-order valence-corrected chi connectivity index (χ0v) is 69.0. The lowest BCUT2D eigenvalue weighted by Gasteiger charge is -2.37. The molecule has 8 rings (SSSR count). The van der Waals surface area contributed by atoms with Gasteiger partial charge in [-0.3, -0.25) is 43.5 Å². The van der Waals surface area contributed by atoms with Crippen LogP contribution in [0.15, 0.2) is 92.5 Å². The Labute approximate surface area is 671 Å². The van der Waals surface area contributed by atoms with Crippen LogP contribution in [0, 0.1) is 24.7 Å². The molecule has 0 radical (unpaired) electrons. The number of aromatic nitrogens is 5. The predicted octanol–water partition coefficient (Wildman–Crippen LogP) is 4.79. The summed E-state index contributed by atoms with van der Waals surface area (Å²) in [6.07, 6.45) is 13.8. The standard InChI is InChI=1S/C40H59NO9Si.C36H49N13O13S2/c1-11-17-51(9,10)50-35-22-32(27(5)37(44-8)26(4)14-12-13-24(2)18-30-23-45-28(6)41-30)48-39(43)38-33(47-38)20-29-19-31(46-36(42)21-29)25(3)15-16-34-40(35,7)49-34;1-2-64(61,62)13-12-63-17-24(34(59)60)47-31(55)23(14-26(51)52)46-30(54)21(4-3-11-40-35(37)38)44-25(50)10-9-22(33(57)58)45-29(53)18-5-7-19(8-6-18)41-15-20-16-42-28-27(43-20)32(56)49-36(39)48-28/h12-16,18,23,25,27,29,31-35,37-38H,11,17,19-22H2,1-10H3;5-8,16,21-24,41H,2-4,9-15,17H2,1H3,(H,44,50)(H,45,53)(H,46,54)(H,47,55)(H,51,52)(H,57,58)(H,59,60)(H4,37,38,40)(H3,39,42,48,49,56)/b13-12+,16-15+,24-18+,26-14+;/t25-,27+,29+,31-,32+,33+,34-,35+,37+,38-,40+;/m1./s1. The van der Waals surface area contributed by atoms with Crippen molar-refractivity contribution in [3.05, 3.63) is 111 Å². The molecule has 4 aliphatic rings. The average molecular weight is 1660 g/mol. The van der Waals surface area contributed by atoms with E-state index in [1.165, 1.54) is 37.4 Å². The van der Waals surface area contributed by atoms with Gasteiger partial charge in [0.1, 0.15) is 60.0 Å². The Balaban J connectivity index is 0.000000326. The molecule has 3 aromatic heterocycles. The molecule has 3 fully saturated rings. The van der Waals surface area contributed by atoms with Crippen LogP contribution in [0.5, 0.6) is 0 Å². The van der Waals surface area contributed by atoms with Crippen molar-refractivity contribution in [2.24, 2.45) is 34.2 Å². The van der Waals surface area contributed by atoms with E-state index in [0.717, 1.165) is 47.5 Å². The Morgan fingerprint density at radius 3 is 2.24 bits per heavy atom. The van der Waals surface area contributed by atoms with E-state index in [1.54, 1.807) is 13.4 Å². The molecule has 4 aliphatic heterocycles. The highest BCUT2D eigenvalue weighted by Gasteiger charge is 2.59. The number of nitrogens with zero attached hydrogens (tertiary/aromatic N) is 5. The number of thioether (sulfide) groups is 1. The minimum absolute atomic E-state index is 0.0119. The van der Waals surface area contributed by atoms with E-state index in [4.69, 9.17) is 49.7 Å². The summed E-state index contributed by atoms with van der Waals surface area (Å²) in [5, 5.41) is 41.1. The number of aryl methyl sites for hydroxylation is 1. The number of nitrogen functional groups attached to an aromatic ring is 1. The third kappa shape index (κ3) is 29.1. The molecular weight excluding hydrogens is 1550 g/mol. The number of anilines is 2. The van der Waals surface area contributed by atoms with E-state index in [1.807, 2.05) is 45.1 Å². The number of fused-ring (bicyclic) bond motifs is 5. The summed E-state index contributed by atoms with van der Waals surface area (Å²) in [5.74, 6) is -9.53. The third-order valence-electron chi connectivity index (χ3n) is 19.8. The number of aromatic amines is 1. The summed E-state index contributed by atoms with van der Waals surface area (Å²) in [7, 11) is -3.76. The molecule has 15 atom stereocenters. The highest BCUT2D eigenvalue weighted by molar-refractivity contribution is 8.00. The topological polar surface area (TPSA) is 559 Å². The van der Waals surface area contributed by atoms with Crippen LogP contribution in [0.25, 0.3) is 17.2 Å². The monoisotopic (exact) mass is 1660 g/mol. The van der Waals surface area contributed by atoms with Crippen LogP contribution in [0.3, 0.4) is 0 Å². The Kier molecular flexibility index (Phi) is 34.2. The number of ether oxygens (including phenoxy) is 5. The van der Waals surface area contributed by atoms with Crippen LogP contribution in [-0.4, -0.2) is 226 Å². The van der Waals surface area contributed by atoms with Crippen molar-refractivity contribution in [3.8, 4) is 0 Å². The number of rotatable bonds is 38. The Hall–Kier alpha value is -9.93. The summed E-state index contributed by atoms with van der Waals surface area (Å²) in [4.78, 5) is 150. The van der Waals surface area contributed by atoms with Crippen molar-refractivity contribution in [1.82, 2.24) is 46.2 Å². The fraction of sp³-hybridized carbons (Fsp3) is 0.566. The van der Waals surface area contributed by atoms with Gasteiger partial charge in [0.15, 0.2) is 47.3 Å². The first kappa shape index (κ1) is 92.2. The van der Waals surface area contributed by atoms with Gasteiger partial charge in [-0.15, -0.1) is 0 Å². The normalized spacial score (nSPS) is 22.9. The number of carboxylic acids is 3. The number of nitrogens with one attached hydrogen (secondary N) is 6. The maximum Gasteiger partial charge on any atom is 0.338 e. The van der Waals surface area contributed by atoms with Gasteiger partial charge in [0.25, 0.3) is 11.5 Å². The molecule has 15 N–H and O–H groups in total. The zero-order chi connectivity index (χ0) is 84.6. The van der Waals surface area contributed by atoms with Crippen LogP contribution in [0.4, 0.5) is 11.6 Å². The van der Waals surface area contributed by atoms with Crippen LogP contribution in [0.1, 0.15) is 140 Å². The number of cyclic esters (lactones) is 1. The molecule has 3 saturated heterocycles. The van der Waals surface area contributed by atoms with E-state index < -0.39 is 126 Å². The van der Waals surface area contributed by atoms with Gasteiger partial charge >= 0.3 is 29.8 Å². The van der Waals surface area contributed by atoms with Crippen LogP contribution >= 0.6 is 11.8 Å². The van der Waals surface area contributed by atoms with Gasteiger partial charge in [0.05, 0.1) is 48.9 Å². The lowest BCUT2D eigenvalue weighted by atomic mass is 9.84. The SMILES string of the molecule is CCC[Si](C)(C)O[C@H]1C[C@@H]([C@H](C)[C@@H](OC)/C(C)=C/C=C/C(C)=C/c2coc(C)n2)OC(=O)[C@@H]2O[C@H]2C[C@H]2CC(=O)O[C@H](C2)[C@H](C)/C=C/[C@H]2O[C@]12C.CCS(=O)(=O)CCSCC(NC(=O)C(CC(=O)O)NC(=O)C(CCCN=C(N)N)NC(=O)CCC(NC(=O)c1ccc(NCc2cnc3nc(N)[nH]c(=O)c3n2)cc1)C(=O)O)C(=O)O. The number of aliphatic imine (C=N–C) groups is 1. The number of carbonyl (C=O) groups is 9. The highest BCUT2D eigenvalue weighted by atomic mass is 32.2. The van der Waals surface area contributed by atoms with Gasteiger partial charge < -0.3 is 91.6 Å². The van der Waals surface area contributed by atoms with E-state index in [2.05, 4.69) is 109 Å². The molecule has 0 saturated carbocycles. The van der Waals surface area contributed by atoms with Gasteiger partial charge in [-0.2, -0.15) is 16.7 Å². The number of allylic oxidation sites excluding steroid dienone is 4. The number of guanidine groups is 1. The summed E-state index contributed by atoms with van der Waals surface area (Å²) in [6.45, 7) is 20.3. The van der Waals surface area contributed by atoms with Crippen molar-refractivity contribution in [3.63, 3.8) is 0 Å². The molecule has 36 nitrogen and oxygen atoms in total. The molecule has 39 heteroatoms. The summed E-state index contributed by atoms with van der Waals surface area (Å²) < 4.78 is 66.6. The highest BCUT2D eigenvalue weighted by Crippen LogP contribution is 2.47. The second-order valence-corrected chi connectivity index (χ2v) is 37.6. The number of hydrogen-bond donors (Lipinski definition) is 12. The molecule has 7 heterocycles. The molecule has 4 aromatic rings. The Bertz CT molecular complexity index is 4440. The quantitative estimate of drug-likeness (QED) is 0.00419. The number of methoxy groups -OCH3 is 1. The van der Waals surface area contributed by atoms with Gasteiger partial charge in [-0.25, -0.2) is 37.8 Å². The van der Waals surface area contributed by atoms with Crippen molar-refractivity contribution in [1.29, 1.82) is 0 Å². The maximum absolute atomic E-state index is 13.8. The van der Waals surface area contributed by atoms with Gasteiger partial charge in [-0.05, 0) is 119 Å². The van der Waals surface area contributed by atoms with E-state index in [0.29, 0.717) is 36.5 Å². The summed E-state index contributed by atoms with van der Waals surface area (Å²) in [5.41, 5.74) is 18.9. The van der Waals surface area contributed by atoms with Crippen molar-refractivity contribution in [2.75, 3.05) is 47.7 Å². The number of oxazole rings is 1. The molecule has 0 spiro atoms. The van der Waals surface area contributed by atoms with Crippen molar-refractivity contribution < 1.29 is 99.4 Å². The van der Waals surface area contributed by atoms with Gasteiger partial charge in [-0.1, -0.05) is 64.5 Å². The first-order valence-corrected chi connectivity index (χ1v) is 44.0. The first-order valence-electron chi connectivity index (χ1n) is 37.9. The van der Waals surface area contributed by atoms with Gasteiger partial charge in [0, 0.05) is 80.2 Å². The van der Waals surface area contributed by atoms with Gasteiger partial charge in [0.2, 0.25) is 23.7 Å². The van der Waals surface area contributed by atoms with Crippen LogP contribution in [0.2, 0.25) is 19.1 Å². The Morgan fingerprint density at radius 2 is 1.59 bits per heavy atom. The van der Waals surface area contributed by atoms with Crippen LogP contribution < -0.4 is 49.3 Å². The molecule has 0 aliphatic carbocycles. The molecule has 4 unspecified atom stereocenters. The number of esters is 2. The minimum Gasteiger partial charge on any atom is -0.481 e. The Morgan fingerprint density at radius 1 is 0.896 bits per heavy atom. The minimum atomic E-state index is -3.35. The molecule has 115 heavy (non-hydrogen) atoms. The molecule has 1 aromatic carbocycles. The lowest BCUT2D eigenvalue weighted by molar-refractivity contribution is -0.159. The predicted molar refractivity (Wildman–Crippen MR) is 429 cm³/mol. The second kappa shape index (κ2) is 42.6. The second-order valence-electron chi connectivity index (χ2n) is 29.7. The fourth-order valence-corrected chi connectivity index (χ4v) is 18.1. The number of benzene rings is 1. The molecular formula is C76H108N14O22S2Si. The number of H-pyrrole nitrogens is 1. The van der Waals surface area contributed by atoms with E-state index in [9.17, 15) is 71.7 Å². The average Bonchev–Trinajstić information content (AvgIpc) is 1.59. The number of sulfone groups is 1. The van der Waals surface area contributed by atoms with Crippen molar-refractivity contribution >= 4 is 118 Å². The van der Waals surface area contributed by atoms with E-state index in [-0.39, 0.29) is 138 Å². The number of amides is 4. The number of carboxylic acid groups (broad SMARTS) is 3. The fourth-order valence-electron chi connectivity index (χ4n) is 13.3. The molecule has 630 valence electrons. The zero-order valence-electron chi connectivity index (χ0n) is 66.4. The first-order chi connectivity index (χ1) is 54.3. The molecule has 2 bridgehead atoms. The molecule has 4 amide bonds.